The Morgan fingerprint density at radius 1 is 1.69 bits per heavy atom. The van der Waals surface area contributed by atoms with Gasteiger partial charge < -0.3 is 4.74 Å². The van der Waals surface area contributed by atoms with Crippen molar-refractivity contribution in [3.63, 3.8) is 0 Å². The number of esters is 1. The minimum Gasteiger partial charge on any atom is -0.468 e. The van der Waals surface area contributed by atoms with Crippen molar-refractivity contribution in [2.45, 2.75) is 39.9 Å². The van der Waals surface area contributed by atoms with Crippen molar-refractivity contribution in [1.29, 1.82) is 0 Å². The van der Waals surface area contributed by atoms with Gasteiger partial charge in [-0.1, -0.05) is 0 Å². The number of carbonyl (C=O) groups excluding carboxylic acids is 1. The molecule has 0 fully saturated rings. The van der Waals surface area contributed by atoms with Gasteiger partial charge in [0, 0.05) is 13.1 Å². The van der Waals surface area contributed by atoms with Gasteiger partial charge in [0.25, 0.3) is 0 Å². The van der Waals surface area contributed by atoms with E-state index in [0.717, 1.165) is 17.9 Å². The fourth-order valence-electron chi connectivity index (χ4n) is 1.53. The standard InChI is InChI=1S/C11H19N3O2/c1-5-14-10(6-8(2)13-14)7-12-9(3)11(15)16-4/h6,9,12H,5,7H2,1-4H3. The molecule has 0 radical (unpaired) electrons. The smallest absolute Gasteiger partial charge is 0.322 e. The van der Waals surface area contributed by atoms with Gasteiger partial charge in [0.1, 0.15) is 6.04 Å². The van der Waals surface area contributed by atoms with Crippen molar-refractivity contribution in [2.24, 2.45) is 0 Å². The third-order valence-corrected chi connectivity index (χ3v) is 2.43. The lowest BCUT2D eigenvalue weighted by molar-refractivity contribution is -0.142. The molecule has 1 atom stereocenters. The molecular formula is C11H19N3O2. The van der Waals surface area contributed by atoms with Crippen LogP contribution in [0.3, 0.4) is 0 Å². The van der Waals surface area contributed by atoms with Crippen LogP contribution in [0.2, 0.25) is 0 Å². The Labute approximate surface area is 95.8 Å². The first-order chi connectivity index (χ1) is 7.58. The summed E-state index contributed by atoms with van der Waals surface area (Å²) >= 11 is 0. The van der Waals surface area contributed by atoms with Gasteiger partial charge in [-0.2, -0.15) is 5.10 Å². The van der Waals surface area contributed by atoms with Gasteiger partial charge in [-0.3, -0.25) is 14.8 Å². The molecule has 1 heterocycles. The Morgan fingerprint density at radius 3 is 2.94 bits per heavy atom. The van der Waals surface area contributed by atoms with E-state index in [1.807, 2.05) is 24.6 Å². The van der Waals surface area contributed by atoms with Gasteiger partial charge in [-0.25, -0.2) is 0 Å². The van der Waals surface area contributed by atoms with E-state index in [0.29, 0.717) is 6.54 Å². The Hall–Kier alpha value is -1.36. The zero-order valence-corrected chi connectivity index (χ0v) is 10.3. The normalized spacial score (nSPS) is 12.5. The summed E-state index contributed by atoms with van der Waals surface area (Å²) < 4.78 is 6.56. The number of carbonyl (C=O) groups is 1. The molecule has 0 saturated heterocycles. The van der Waals surface area contributed by atoms with Crippen LogP contribution in [0.4, 0.5) is 0 Å². The maximum absolute atomic E-state index is 11.2. The average Bonchev–Trinajstić information content (AvgIpc) is 2.65. The van der Waals surface area contributed by atoms with Crippen LogP contribution in [0, 0.1) is 6.92 Å². The molecule has 0 bridgehead atoms. The van der Waals surface area contributed by atoms with E-state index in [9.17, 15) is 4.79 Å². The summed E-state index contributed by atoms with van der Waals surface area (Å²) in [6.45, 7) is 7.23. The summed E-state index contributed by atoms with van der Waals surface area (Å²) in [4.78, 5) is 11.2. The first-order valence-electron chi connectivity index (χ1n) is 5.43. The number of aryl methyl sites for hydroxylation is 2. The molecule has 1 aromatic heterocycles. The van der Waals surface area contributed by atoms with Crippen LogP contribution in [-0.4, -0.2) is 28.9 Å². The van der Waals surface area contributed by atoms with Crippen molar-refractivity contribution in [3.8, 4) is 0 Å². The van der Waals surface area contributed by atoms with Crippen LogP contribution in [0.5, 0.6) is 0 Å². The summed E-state index contributed by atoms with van der Waals surface area (Å²) in [5.74, 6) is -0.251. The second kappa shape index (κ2) is 5.65. The van der Waals surface area contributed by atoms with E-state index in [1.54, 1.807) is 6.92 Å². The number of hydrogen-bond donors (Lipinski definition) is 1. The largest absolute Gasteiger partial charge is 0.468 e. The number of aromatic nitrogens is 2. The van der Waals surface area contributed by atoms with Crippen LogP contribution in [0.1, 0.15) is 25.2 Å². The summed E-state index contributed by atoms with van der Waals surface area (Å²) in [5, 5.41) is 7.43. The predicted octanol–water partition coefficient (Wildman–Crippen LogP) is 0.863. The van der Waals surface area contributed by atoms with Crippen LogP contribution >= 0.6 is 0 Å². The number of rotatable bonds is 5. The SMILES string of the molecule is CCn1nc(C)cc1CNC(C)C(=O)OC. The number of methoxy groups -OCH3 is 1. The highest BCUT2D eigenvalue weighted by Crippen LogP contribution is 2.03. The number of nitrogens with one attached hydrogen (secondary N) is 1. The minimum absolute atomic E-state index is 0.251. The molecule has 5 nitrogen and oxygen atoms in total. The molecule has 0 spiro atoms. The second-order valence-electron chi connectivity index (χ2n) is 3.72. The lowest BCUT2D eigenvalue weighted by Crippen LogP contribution is -2.34. The first-order valence-corrected chi connectivity index (χ1v) is 5.43. The Morgan fingerprint density at radius 2 is 2.38 bits per heavy atom. The van der Waals surface area contributed by atoms with Crippen molar-refractivity contribution in [1.82, 2.24) is 15.1 Å². The third-order valence-electron chi connectivity index (χ3n) is 2.43. The van der Waals surface area contributed by atoms with Gasteiger partial charge in [0.15, 0.2) is 0 Å². The Kier molecular flexibility index (Phi) is 4.49. The maximum atomic E-state index is 11.2. The molecule has 0 aromatic carbocycles. The van der Waals surface area contributed by atoms with E-state index in [1.165, 1.54) is 7.11 Å². The molecule has 0 amide bonds. The van der Waals surface area contributed by atoms with Crippen molar-refractivity contribution in [2.75, 3.05) is 7.11 Å². The fourth-order valence-corrected chi connectivity index (χ4v) is 1.53. The van der Waals surface area contributed by atoms with Crippen molar-refractivity contribution >= 4 is 5.97 Å². The molecule has 0 aliphatic heterocycles. The summed E-state index contributed by atoms with van der Waals surface area (Å²) in [5.41, 5.74) is 2.07. The molecule has 0 saturated carbocycles. The second-order valence-corrected chi connectivity index (χ2v) is 3.72. The molecular weight excluding hydrogens is 206 g/mol. The van der Waals surface area contributed by atoms with Crippen LogP contribution in [0.15, 0.2) is 6.07 Å². The van der Waals surface area contributed by atoms with Gasteiger partial charge in [0.05, 0.1) is 18.5 Å². The van der Waals surface area contributed by atoms with E-state index in [2.05, 4.69) is 15.2 Å². The van der Waals surface area contributed by atoms with Gasteiger partial charge in [-0.15, -0.1) is 0 Å². The summed E-state index contributed by atoms with van der Waals surface area (Å²) in [6.07, 6.45) is 0. The maximum Gasteiger partial charge on any atom is 0.322 e. The minimum atomic E-state index is -0.300. The van der Waals surface area contributed by atoms with Crippen molar-refractivity contribution < 1.29 is 9.53 Å². The fraction of sp³-hybridized carbons (Fsp3) is 0.636. The van der Waals surface area contributed by atoms with Crippen LogP contribution < -0.4 is 5.32 Å². The monoisotopic (exact) mass is 225 g/mol. The predicted molar refractivity (Wildman–Crippen MR) is 61.0 cm³/mol. The third kappa shape index (κ3) is 3.06. The van der Waals surface area contributed by atoms with Gasteiger partial charge in [0.2, 0.25) is 0 Å². The van der Waals surface area contributed by atoms with Crippen molar-refractivity contribution in [3.05, 3.63) is 17.5 Å². The average molecular weight is 225 g/mol. The van der Waals surface area contributed by atoms with E-state index < -0.39 is 0 Å². The topological polar surface area (TPSA) is 56.2 Å². The lowest BCUT2D eigenvalue weighted by Gasteiger charge is -2.11. The van der Waals surface area contributed by atoms with E-state index >= 15 is 0 Å². The molecule has 90 valence electrons. The Balaban J connectivity index is 2.57. The summed E-state index contributed by atoms with van der Waals surface area (Å²) in [6, 6.07) is 1.71. The zero-order chi connectivity index (χ0) is 12.1. The molecule has 0 aliphatic rings. The Bertz CT molecular complexity index is 360. The highest BCUT2D eigenvalue weighted by atomic mass is 16.5. The highest BCUT2D eigenvalue weighted by Gasteiger charge is 2.13. The molecule has 1 aromatic rings. The molecule has 5 heteroatoms. The number of ether oxygens (including phenoxy) is 1. The van der Waals surface area contributed by atoms with Crippen LogP contribution in [-0.2, 0) is 22.6 Å². The van der Waals surface area contributed by atoms with E-state index in [4.69, 9.17) is 0 Å². The van der Waals surface area contributed by atoms with Gasteiger partial charge in [-0.05, 0) is 26.8 Å². The molecule has 1 unspecified atom stereocenters. The lowest BCUT2D eigenvalue weighted by atomic mass is 10.3. The number of hydrogen-bond acceptors (Lipinski definition) is 4. The first kappa shape index (κ1) is 12.7. The van der Waals surface area contributed by atoms with Gasteiger partial charge >= 0.3 is 5.97 Å². The highest BCUT2D eigenvalue weighted by molar-refractivity contribution is 5.75. The van der Waals surface area contributed by atoms with Crippen LogP contribution in [0.25, 0.3) is 0 Å². The molecule has 1 N–H and O–H groups in total. The number of nitrogens with zero attached hydrogens (tertiary/aromatic N) is 2. The quantitative estimate of drug-likeness (QED) is 0.755. The van der Waals surface area contributed by atoms with E-state index in [-0.39, 0.29) is 12.0 Å². The zero-order valence-electron chi connectivity index (χ0n) is 10.3. The summed E-state index contributed by atoms with van der Waals surface area (Å²) in [7, 11) is 1.39. The molecule has 16 heavy (non-hydrogen) atoms. The molecule has 1 rings (SSSR count). The molecule has 0 aliphatic carbocycles.